The van der Waals surface area contributed by atoms with E-state index in [9.17, 15) is 9.59 Å². The van der Waals surface area contributed by atoms with Crippen LogP contribution in [0.4, 0.5) is 0 Å². The van der Waals surface area contributed by atoms with Crippen molar-refractivity contribution in [3.8, 4) is 0 Å². The average Bonchev–Trinajstić information content (AvgIpc) is 2.68. The summed E-state index contributed by atoms with van der Waals surface area (Å²) in [5, 5.41) is -0.256. The minimum atomic E-state index is -0.256. The summed E-state index contributed by atoms with van der Waals surface area (Å²) in [7, 11) is 1.40. The van der Waals surface area contributed by atoms with Crippen LogP contribution in [0.1, 0.15) is 12.0 Å². The molecule has 0 saturated carbocycles. The van der Waals surface area contributed by atoms with Gasteiger partial charge in [0.15, 0.2) is 0 Å². The molecule has 1 amide bonds. The number of ether oxygens (including phenoxy) is 1. The lowest BCUT2D eigenvalue weighted by atomic mass is 9.99. The second-order valence-electron chi connectivity index (χ2n) is 6.30. The highest BCUT2D eigenvalue weighted by Gasteiger charge is 2.30. The summed E-state index contributed by atoms with van der Waals surface area (Å²) >= 11 is 1.57. The topological polar surface area (TPSA) is 49.9 Å². The summed E-state index contributed by atoms with van der Waals surface area (Å²) in [4.78, 5) is 28.2. The van der Waals surface area contributed by atoms with Crippen LogP contribution in [0.3, 0.4) is 0 Å². The molecule has 25 heavy (non-hydrogen) atoms. The molecule has 0 unspecified atom stereocenters. The highest BCUT2D eigenvalue weighted by molar-refractivity contribution is 8.00. The summed E-state index contributed by atoms with van der Waals surface area (Å²) in [6, 6.07) is 10.4. The van der Waals surface area contributed by atoms with Crippen molar-refractivity contribution < 1.29 is 14.3 Å². The van der Waals surface area contributed by atoms with Crippen LogP contribution in [0, 0.1) is 0 Å². The Hall–Kier alpha value is -1.79. The Balaban J connectivity index is 1.52. The minimum absolute atomic E-state index is 0.103. The molecule has 1 saturated heterocycles. The average molecular weight is 360 g/mol. The smallest absolute Gasteiger partial charge is 0.320 e. The standard InChI is InChI=1S/C19H24N2O3S/c1-24-19(23)17-13-21(11-12-25-17)18(22)14-20-9-7-16(8-10-20)15-5-3-2-4-6-15/h2-7,17H,8-14H2,1H3/t17-/m1/s1. The number of nitrogens with zero attached hydrogens (tertiary/aromatic N) is 2. The SMILES string of the molecule is COC(=O)[C@H]1CN(C(=O)CN2CC=C(c3ccccc3)CC2)CCS1. The molecule has 2 heterocycles. The summed E-state index contributed by atoms with van der Waals surface area (Å²) in [6.45, 7) is 3.25. The van der Waals surface area contributed by atoms with E-state index >= 15 is 0 Å². The quantitative estimate of drug-likeness (QED) is 0.768. The van der Waals surface area contributed by atoms with Gasteiger partial charge in [0, 0.05) is 31.9 Å². The van der Waals surface area contributed by atoms with E-state index < -0.39 is 0 Å². The Labute approximate surface area is 153 Å². The summed E-state index contributed by atoms with van der Waals surface area (Å²) in [6.07, 6.45) is 3.17. The Kier molecular flexibility index (Phi) is 6.15. The molecule has 134 valence electrons. The molecule has 2 aliphatic rings. The number of rotatable bonds is 4. The zero-order valence-electron chi connectivity index (χ0n) is 14.5. The molecule has 1 atom stereocenters. The fourth-order valence-electron chi connectivity index (χ4n) is 3.21. The van der Waals surface area contributed by atoms with Crippen LogP contribution in [0.15, 0.2) is 36.4 Å². The molecule has 1 fully saturated rings. The van der Waals surface area contributed by atoms with Crippen molar-refractivity contribution in [1.29, 1.82) is 0 Å². The normalized spacial score (nSPS) is 21.6. The van der Waals surface area contributed by atoms with Crippen LogP contribution in [-0.4, -0.2) is 72.5 Å². The van der Waals surface area contributed by atoms with E-state index in [1.165, 1.54) is 18.2 Å². The van der Waals surface area contributed by atoms with Gasteiger partial charge in [-0.15, -0.1) is 11.8 Å². The first-order valence-corrected chi connectivity index (χ1v) is 9.66. The third-order valence-corrected chi connectivity index (χ3v) is 5.84. The van der Waals surface area contributed by atoms with Crippen LogP contribution in [-0.2, 0) is 14.3 Å². The van der Waals surface area contributed by atoms with Crippen molar-refractivity contribution in [3.63, 3.8) is 0 Å². The zero-order chi connectivity index (χ0) is 17.6. The van der Waals surface area contributed by atoms with E-state index in [2.05, 4.69) is 35.2 Å². The summed E-state index contributed by atoms with van der Waals surface area (Å²) in [5.74, 6) is 0.644. The third-order valence-electron chi connectivity index (χ3n) is 4.68. The van der Waals surface area contributed by atoms with E-state index in [1.807, 2.05) is 6.07 Å². The maximum Gasteiger partial charge on any atom is 0.320 e. The van der Waals surface area contributed by atoms with Gasteiger partial charge in [0.25, 0.3) is 0 Å². The lowest BCUT2D eigenvalue weighted by molar-refractivity contribution is -0.141. The van der Waals surface area contributed by atoms with Crippen molar-refractivity contribution in [2.45, 2.75) is 11.7 Å². The second kappa shape index (κ2) is 8.54. The van der Waals surface area contributed by atoms with Crippen molar-refractivity contribution in [2.24, 2.45) is 0 Å². The molecular formula is C19H24N2O3S. The van der Waals surface area contributed by atoms with E-state index in [0.717, 1.165) is 25.3 Å². The number of hydrogen-bond acceptors (Lipinski definition) is 5. The number of esters is 1. The van der Waals surface area contributed by atoms with E-state index in [1.54, 1.807) is 16.7 Å². The lowest BCUT2D eigenvalue weighted by Gasteiger charge is -2.33. The number of carbonyl (C=O) groups is 2. The Bertz CT molecular complexity index is 647. The first kappa shape index (κ1) is 18.0. The first-order chi connectivity index (χ1) is 12.2. The molecule has 1 aromatic rings. The van der Waals surface area contributed by atoms with Crippen LogP contribution in [0.2, 0.25) is 0 Å². The number of amides is 1. The van der Waals surface area contributed by atoms with Crippen LogP contribution in [0.5, 0.6) is 0 Å². The van der Waals surface area contributed by atoms with Gasteiger partial charge in [-0.05, 0) is 17.6 Å². The molecule has 5 nitrogen and oxygen atoms in total. The van der Waals surface area contributed by atoms with Gasteiger partial charge in [-0.25, -0.2) is 0 Å². The molecule has 2 aliphatic heterocycles. The van der Waals surface area contributed by atoms with E-state index in [4.69, 9.17) is 4.74 Å². The summed E-state index contributed by atoms with van der Waals surface area (Å²) < 4.78 is 4.81. The molecule has 0 bridgehead atoms. The van der Waals surface area contributed by atoms with Crippen molar-refractivity contribution in [1.82, 2.24) is 9.80 Å². The fraction of sp³-hybridized carbons (Fsp3) is 0.474. The first-order valence-electron chi connectivity index (χ1n) is 8.61. The number of carbonyl (C=O) groups excluding carboxylic acids is 2. The molecule has 0 radical (unpaired) electrons. The van der Waals surface area contributed by atoms with E-state index in [-0.39, 0.29) is 17.1 Å². The van der Waals surface area contributed by atoms with Gasteiger partial charge in [-0.1, -0.05) is 36.4 Å². The second-order valence-corrected chi connectivity index (χ2v) is 7.61. The minimum Gasteiger partial charge on any atom is -0.468 e. The predicted octanol–water partition coefficient (Wildman–Crippen LogP) is 1.89. The van der Waals surface area contributed by atoms with Gasteiger partial charge in [-0.3, -0.25) is 14.5 Å². The Morgan fingerprint density at radius 2 is 2.04 bits per heavy atom. The van der Waals surface area contributed by atoms with Gasteiger partial charge in [-0.2, -0.15) is 0 Å². The maximum absolute atomic E-state index is 12.6. The van der Waals surface area contributed by atoms with Crippen molar-refractivity contribution >= 4 is 29.2 Å². The highest BCUT2D eigenvalue weighted by atomic mass is 32.2. The largest absolute Gasteiger partial charge is 0.468 e. The highest BCUT2D eigenvalue weighted by Crippen LogP contribution is 2.23. The molecule has 0 N–H and O–H groups in total. The molecule has 6 heteroatoms. The molecule has 0 spiro atoms. The van der Waals surface area contributed by atoms with Crippen LogP contribution >= 0.6 is 11.8 Å². The third kappa shape index (κ3) is 4.64. The zero-order valence-corrected chi connectivity index (χ0v) is 15.3. The molecule has 0 aromatic heterocycles. The summed E-state index contributed by atoms with van der Waals surface area (Å²) in [5.41, 5.74) is 2.62. The molecular weight excluding hydrogens is 336 g/mol. The maximum atomic E-state index is 12.6. The van der Waals surface area contributed by atoms with Gasteiger partial charge in [0.1, 0.15) is 5.25 Å². The van der Waals surface area contributed by atoms with Gasteiger partial charge in [0.2, 0.25) is 5.91 Å². The molecule has 3 rings (SSSR count). The number of thioether (sulfide) groups is 1. The Morgan fingerprint density at radius 3 is 2.72 bits per heavy atom. The van der Waals surface area contributed by atoms with E-state index in [0.29, 0.717) is 19.6 Å². The van der Waals surface area contributed by atoms with Gasteiger partial charge < -0.3 is 9.64 Å². The Morgan fingerprint density at radius 1 is 1.24 bits per heavy atom. The fourth-order valence-corrected chi connectivity index (χ4v) is 4.34. The number of benzene rings is 1. The molecule has 0 aliphatic carbocycles. The molecule has 1 aromatic carbocycles. The lowest BCUT2D eigenvalue weighted by Crippen LogP contribution is -2.48. The van der Waals surface area contributed by atoms with Gasteiger partial charge in [0.05, 0.1) is 13.7 Å². The van der Waals surface area contributed by atoms with Crippen molar-refractivity contribution in [3.05, 3.63) is 42.0 Å². The number of hydrogen-bond donors (Lipinski definition) is 0. The van der Waals surface area contributed by atoms with Crippen LogP contribution in [0.25, 0.3) is 5.57 Å². The predicted molar refractivity (Wildman–Crippen MR) is 100 cm³/mol. The number of methoxy groups -OCH3 is 1. The monoisotopic (exact) mass is 360 g/mol. The van der Waals surface area contributed by atoms with Crippen molar-refractivity contribution in [2.75, 3.05) is 45.6 Å². The van der Waals surface area contributed by atoms with Crippen LogP contribution < -0.4 is 0 Å². The van der Waals surface area contributed by atoms with Gasteiger partial charge >= 0.3 is 5.97 Å².